The highest BCUT2D eigenvalue weighted by Gasteiger charge is 2.44. The number of hydrogen-bond donors (Lipinski definition) is 5. The van der Waals surface area contributed by atoms with E-state index in [0.717, 1.165) is 17.6 Å². The quantitative estimate of drug-likeness (QED) is 0.356. The van der Waals surface area contributed by atoms with Gasteiger partial charge in [0.05, 0.1) is 24.7 Å². The Morgan fingerprint density at radius 3 is 2.62 bits per heavy atom. The fourth-order valence-corrected chi connectivity index (χ4v) is 3.81. The average molecular weight is 414 g/mol. The molecule has 0 spiro atoms. The van der Waals surface area contributed by atoms with E-state index in [-0.39, 0.29) is 12.4 Å². The summed E-state index contributed by atoms with van der Waals surface area (Å²) in [5.41, 5.74) is 0.773. The molecule has 1 unspecified atom stereocenters. The van der Waals surface area contributed by atoms with Crippen LogP contribution in [0.2, 0.25) is 0 Å². The maximum Gasteiger partial charge on any atom is 0.187 e. The Morgan fingerprint density at radius 1 is 1.31 bits per heavy atom. The number of allylic oxidation sites excluding steroid dienone is 3. The molecule has 2 aliphatic rings. The van der Waals surface area contributed by atoms with Gasteiger partial charge in [-0.1, -0.05) is 17.2 Å². The second kappa shape index (κ2) is 10.3. The van der Waals surface area contributed by atoms with Crippen LogP contribution >= 0.6 is 0 Å². The summed E-state index contributed by atoms with van der Waals surface area (Å²) in [6, 6.07) is 0. The van der Waals surface area contributed by atoms with Gasteiger partial charge in [0, 0.05) is 0 Å². The van der Waals surface area contributed by atoms with Gasteiger partial charge in [-0.15, -0.1) is 0 Å². The molecule has 0 radical (unpaired) electrons. The molecule has 7 atom stereocenters. The Bertz CT molecular complexity index is 624. The van der Waals surface area contributed by atoms with Gasteiger partial charge in [-0.3, -0.25) is 4.79 Å². The topological polar surface area (TPSA) is 137 Å². The van der Waals surface area contributed by atoms with Crippen molar-refractivity contribution in [3.05, 3.63) is 23.3 Å². The number of carbonyl (C=O) groups is 1. The number of aliphatic hydroxyl groups is 5. The van der Waals surface area contributed by atoms with E-state index in [9.17, 15) is 30.3 Å². The second-order valence-electron chi connectivity index (χ2n) is 8.44. The van der Waals surface area contributed by atoms with E-state index in [2.05, 4.69) is 0 Å². The largest absolute Gasteiger partial charge is 0.394 e. The summed E-state index contributed by atoms with van der Waals surface area (Å²) in [5, 5.41) is 49.5. The van der Waals surface area contributed by atoms with Gasteiger partial charge in [0.1, 0.15) is 24.4 Å². The molecular weight excluding hydrogens is 380 g/mol. The van der Waals surface area contributed by atoms with Gasteiger partial charge in [-0.25, -0.2) is 0 Å². The molecule has 166 valence electrons. The highest BCUT2D eigenvalue weighted by Crippen LogP contribution is 2.33. The van der Waals surface area contributed by atoms with Crippen LogP contribution in [-0.4, -0.2) is 80.8 Å². The lowest BCUT2D eigenvalue weighted by molar-refractivity contribution is -0.299. The van der Waals surface area contributed by atoms with E-state index >= 15 is 0 Å². The van der Waals surface area contributed by atoms with Crippen LogP contribution in [-0.2, 0) is 14.3 Å². The minimum absolute atomic E-state index is 0.0228. The van der Waals surface area contributed by atoms with Crippen molar-refractivity contribution < 1.29 is 39.8 Å². The first-order valence-electron chi connectivity index (χ1n) is 10.1. The zero-order valence-corrected chi connectivity index (χ0v) is 17.3. The number of hydrogen-bond acceptors (Lipinski definition) is 8. The molecule has 0 aromatic carbocycles. The van der Waals surface area contributed by atoms with Crippen molar-refractivity contribution in [2.75, 3.05) is 13.2 Å². The van der Waals surface area contributed by atoms with Crippen molar-refractivity contribution in [1.29, 1.82) is 0 Å². The molecule has 0 saturated carbocycles. The monoisotopic (exact) mass is 414 g/mol. The van der Waals surface area contributed by atoms with Crippen molar-refractivity contribution in [1.82, 2.24) is 0 Å². The summed E-state index contributed by atoms with van der Waals surface area (Å²) in [6.07, 6.45) is -0.579. The predicted molar refractivity (Wildman–Crippen MR) is 105 cm³/mol. The lowest BCUT2D eigenvalue weighted by atomic mass is 9.76. The molecule has 1 aliphatic heterocycles. The van der Waals surface area contributed by atoms with E-state index < -0.39 is 48.8 Å². The van der Waals surface area contributed by atoms with Crippen molar-refractivity contribution in [3.63, 3.8) is 0 Å². The first kappa shape index (κ1) is 24.1. The van der Waals surface area contributed by atoms with E-state index in [1.165, 1.54) is 0 Å². The molecule has 0 aromatic heterocycles. The smallest absolute Gasteiger partial charge is 0.187 e. The van der Waals surface area contributed by atoms with Crippen molar-refractivity contribution in [3.8, 4) is 0 Å². The van der Waals surface area contributed by atoms with Gasteiger partial charge in [-0.2, -0.15) is 0 Å². The third kappa shape index (κ3) is 6.18. The predicted octanol–water partition coefficient (Wildman–Crippen LogP) is 0.206. The molecule has 8 heteroatoms. The summed E-state index contributed by atoms with van der Waals surface area (Å²) >= 11 is 0. The molecular formula is C21H34O8. The van der Waals surface area contributed by atoms with Gasteiger partial charge in [0.2, 0.25) is 0 Å². The van der Waals surface area contributed by atoms with Crippen molar-refractivity contribution in [2.24, 2.45) is 5.92 Å². The lowest BCUT2D eigenvalue weighted by Gasteiger charge is -2.39. The molecule has 5 N–H and O–H groups in total. The molecule has 29 heavy (non-hydrogen) atoms. The summed E-state index contributed by atoms with van der Waals surface area (Å²) in [6.45, 7) is 5.02. The number of aliphatic hydroxyl groups excluding tert-OH is 4. The van der Waals surface area contributed by atoms with Crippen LogP contribution in [0.4, 0.5) is 0 Å². The Hall–Kier alpha value is -1.13. The molecule has 1 aliphatic carbocycles. The van der Waals surface area contributed by atoms with Gasteiger partial charge < -0.3 is 35.0 Å². The normalized spacial score (nSPS) is 35.9. The van der Waals surface area contributed by atoms with Gasteiger partial charge in [-0.05, 0) is 52.5 Å². The molecule has 0 aromatic rings. The Balaban J connectivity index is 1.83. The van der Waals surface area contributed by atoms with Crippen LogP contribution < -0.4 is 0 Å². The Kier molecular flexibility index (Phi) is 8.54. The van der Waals surface area contributed by atoms with E-state index in [1.54, 1.807) is 13.0 Å². The van der Waals surface area contributed by atoms with Crippen molar-refractivity contribution in [2.45, 2.75) is 82.8 Å². The van der Waals surface area contributed by atoms with Crippen LogP contribution in [0.25, 0.3) is 0 Å². The average Bonchev–Trinajstić information content (AvgIpc) is 2.65. The second-order valence-corrected chi connectivity index (χ2v) is 8.44. The number of ketones is 1. The molecule has 1 heterocycles. The molecule has 1 saturated heterocycles. The van der Waals surface area contributed by atoms with Gasteiger partial charge >= 0.3 is 0 Å². The first-order valence-corrected chi connectivity index (χ1v) is 10.1. The lowest BCUT2D eigenvalue weighted by Crippen LogP contribution is -2.59. The number of ether oxygens (including phenoxy) is 2. The fourth-order valence-electron chi connectivity index (χ4n) is 3.81. The molecule has 0 amide bonds. The fraction of sp³-hybridized carbons (Fsp3) is 0.762. The van der Waals surface area contributed by atoms with Crippen LogP contribution in [0, 0.1) is 5.92 Å². The summed E-state index contributed by atoms with van der Waals surface area (Å²) < 4.78 is 10.8. The molecule has 2 rings (SSSR count). The number of carbonyl (C=O) groups excluding carboxylic acids is 1. The zero-order valence-electron chi connectivity index (χ0n) is 17.3. The van der Waals surface area contributed by atoms with Crippen LogP contribution in [0.15, 0.2) is 23.3 Å². The molecule has 1 fully saturated rings. The van der Waals surface area contributed by atoms with Gasteiger partial charge in [0.25, 0.3) is 0 Å². The summed E-state index contributed by atoms with van der Waals surface area (Å²) in [4.78, 5) is 12.2. The standard InChI is InChI=1S/C21H34O8/c1-12-6-7-14(15(23)9-12)21(3,27)8-4-5-13(2)11-28-20-19(26)18(25)17(24)16(10-22)29-20/h5,9,14,16-20,22,24-27H,4,6-8,10-11H2,1-3H3/b13-5-/t14?,16-,17-,18+,19-,20-,21+/m1/s1. The van der Waals surface area contributed by atoms with Crippen molar-refractivity contribution >= 4 is 5.78 Å². The maximum absolute atomic E-state index is 12.2. The van der Waals surface area contributed by atoms with E-state index in [4.69, 9.17) is 9.47 Å². The third-order valence-corrected chi connectivity index (χ3v) is 5.78. The van der Waals surface area contributed by atoms with E-state index in [1.807, 2.05) is 19.9 Å². The minimum atomic E-state index is -1.48. The third-order valence-electron chi connectivity index (χ3n) is 5.78. The highest BCUT2D eigenvalue weighted by molar-refractivity contribution is 5.94. The van der Waals surface area contributed by atoms with Crippen LogP contribution in [0.1, 0.15) is 46.5 Å². The SMILES string of the molecule is CC1=CC(=O)C([C@@](C)(O)CC/C=C(/C)CO[C@@H]2O[C@H](CO)[C@@H](O)[C@H](O)[C@H]2O)CC1. The van der Waals surface area contributed by atoms with Crippen LogP contribution in [0.3, 0.4) is 0 Å². The molecule has 8 nitrogen and oxygen atoms in total. The number of rotatable bonds is 8. The van der Waals surface area contributed by atoms with Gasteiger partial charge in [0.15, 0.2) is 12.1 Å². The first-order chi connectivity index (χ1) is 13.6. The summed E-state index contributed by atoms with van der Waals surface area (Å²) in [5.74, 6) is -0.421. The van der Waals surface area contributed by atoms with E-state index in [0.29, 0.717) is 19.3 Å². The highest BCUT2D eigenvalue weighted by atomic mass is 16.7. The zero-order chi connectivity index (χ0) is 21.8. The Labute approximate surface area is 171 Å². The summed E-state index contributed by atoms with van der Waals surface area (Å²) in [7, 11) is 0. The maximum atomic E-state index is 12.2. The minimum Gasteiger partial charge on any atom is -0.394 e. The molecule has 0 bridgehead atoms. The Morgan fingerprint density at radius 2 is 2.00 bits per heavy atom. The van der Waals surface area contributed by atoms with Crippen LogP contribution in [0.5, 0.6) is 0 Å².